The van der Waals surface area contributed by atoms with Crippen LogP contribution in [0.2, 0.25) is 5.02 Å². The molecule has 0 saturated carbocycles. The molecule has 0 bridgehead atoms. The zero-order valence-corrected chi connectivity index (χ0v) is 13.1. The van der Waals surface area contributed by atoms with Gasteiger partial charge in [0, 0.05) is 36.3 Å². The van der Waals surface area contributed by atoms with Crippen molar-refractivity contribution in [2.75, 3.05) is 0 Å². The van der Waals surface area contributed by atoms with Gasteiger partial charge in [-0.3, -0.25) is 4.79 Å². The molecule has 3 aromatic carbocycles. The first kappa shape index (κ1) is 13.5. The van der Waals surface area contributed by atoms with Crippen molar-refractivity contribution in [1.29, 1.82) is 0 Å². The van der Waals surface area contributed by atoms with Gasteiger partial charge >= 0.3 is 0 Å². The topological polar surface area (TPSA) is 17.1 Å². The average molecular weight is 323 g/mol. The summed E-state index contributed by atoms with van der Waals surface area (Å²) in [5.41, 5.74) is 1.41. The molecule has 0 aliphatic rings. The number of thiophene rings is 1. The quantitative estimate of drug-likeness (QED) is 0.417. The van der Waals surface area contributed by atoms with Gasteiger partial charge in [0.2, 0.25) is 0 Å². The van der Waals surface area contributed by atoms with Gasteiger partial charge in [-0.15, -0.1) is 11.3 Å². The third kappa shape index (κ3) is 2.12. The molecule has 1 nitrogen and oxygen atoms in total. The monoisotopic (exact) mass is 322 g/mol. The minimum atomic E-state index is 0.0332. The molecule has 0 amide bonds. The van der Waals surface area contributed by atoms with Crippen LogP contribution in [-0.2, 0) is 0 Å². The van der Waals surface area contributed by atoms with Crippen molar-refractivity contribution in [3.05, 3.63) is 82.9 Å². The predicted octanol–water partition coefficient (Wildman–Crippen LogP) is 5.94. The molecule has 0 N–H and O–H groups in total. The number of rotatable bonds is 2. The van der Waals surface area contributed by atoms with E-state index in [2.05, 4.69) is 18.2 Å². The Kier molecular flexibility index (Phi) is 3.21. The van der Waals surface area contributed by atoms with Crippen LogP contribution in [0.3, 0.4) is 0 Å². The van der Waals surface area contributed by atoms with Crippen LogP contribution in [0.4, 0.5) is 0 Å². The van der Waals surface area contributed by atoms with Gasteiger partial charge in [-0.25, -0.2) is 0 Å². The minimum Gasteiger partial charge on any atom is -0.289 e. The van der Waals surface area contributed by atoms with E-state index in [-0.39, 0.29) is 5.78 Å². The van der Waals surface area contributed by atoms with Gasteiger partial charge in [-0.05, 0) is 36.4 Å². The van der Waals surface area contributed by atoms with Crippen LogP contribution in [0.25, 0.3) is 20.2 Å². The van der Waals surface area contributed by atoms with Crippen molar-refractivity contribution < 1.29 is 4.79 Å². The number of hydrogen-bond acceptors (Lipinski definition) is 2. The zero-order valence-electron chi connectivity index (χ0n) is 11.5. The Morgan fingerprint density at radius 2 is 1.55 bits per heavy atom. The van der Waals surface area contributed by atoms with Gasteiger partial charge < -0.3 is 0 Å². The second-order valence-electron chi connectivity index (χ2n) is 5.11. The van der Waals surface area contributed by atoms with Crippen molar-refractivity contribution in [3.63, 3.8) is 0 Å². The Hall–Kier alpha value is -2.16. The second-order valence-corrected chi connectivity index (χ2v) is 6.63. The largest absolute Gasteiger partial charge is 0.289 e. The standard InChI is InChI=1S/C19H11ClOS/c20-13-10-8-12(9-11-13)19(21)15-5-3-7-17-18(15)14-4-1-2-6-16(14)22-17/h1-11H. The van der Waals surface area contributed by atoms with E-state index in [4.69, 9.17) is 11.6 Å². The Balaban J connectivity index is 1.98. The molecular weight excluding hydrogens is 312 g/mol. The lowest BCUT2D eigenvalue weighted by Gasteiger charge is -2.04. The van der Waals surface area contributed by atoms with Gasteiger partial charge in [-0.2, -0.15) is 0 Å². The molecule has 0 unspecified atom stereocenters. The van der Waals surface area contributed by atoms with Crippen LogP contribution < -0.4 is 0 Å². The molecule has 0 atom stereocenters. The first-order chi connectivity index (χ1) is 10.7. The molecule has 0 spiro atoms. The summed E-state index contributed by atoms with van der Waals surface area (Å²) in [4.78, 5) is 12.9. The number of hydrogen-bond donors (Lipinski definition) is 0. The molecule has 1 aromatic heterocycles. The van der Waals surface area contributed by atoms with Crippen molar-refractivity contribution in [3.8, 4) is 0 Å². The van der Waals surface area contributed by atoms with E-state index in [1.165, 1.54) is 4.70 Å². The summed E-state index contributed by atoms with van der Waals surface area (Å²) in [5, 5.41) is 2.82. The van der Waals surface area contributed by atoms with E-state index >= 15 is 0 Å². The summed E-state index contributed by atoms with van der Waals surface area (Å²) in [6, 6.07) is 21.2. The fourth-order valence-electron chi connectivity index (χ4n) is 2.72. The number of benzene rings is 3. The van der Waals surface area contributed by atoms with Crippen LogP contribution in [0.15, 0.2) is 66.7 Å². The van der Waals surface area contributed by atoms with Crippen molar-refractivity contribution >= 4 is 48.9 Å². The fourth-order valence-corrected chi connectivity index (χ4v) is 3.98. The van der Waals surface area contributed by atoms with E-state index in [1.807, 2.05) is 24.3 Å². The van der Waals surface area contributed by atoms with Crippen LogP contribution in [0.1, 0.15) is 15.9 Å². The van der Waals surface area contributed by atoms with Crippen LogP contribution in [0, 0.1) is 0 Å². The predicted molar refractivity (Wildman–Crippen MR) is 94.2 cm³/mol. The van der Waals surface area contributed by atoms with E-state index in [0.717, 1.165) is 21.0 Å². The van der Waals surface area contributed by atoms with Crippen molar-refractivity contribution in [2.24, 2.45) is 0 Å². The van der Waals surface area contributed by atoms with Gasteiger partial charge in [0.1, 0.15) is 0 Å². The van der Waals surface area contributed by atoms with Gasteiger partial charge in [0.05, 0.1) is 0 Å². The van der Waals surface area contributed by atoms with Gasteiger partial charge in [0.15, 0.2) is 5.78 Å². The number of halogens is 1. The summed E-state index contributed by atoms with van der Waals surface area (Å²) in [6.45, 7) is 0. The van der Waals surface area contributed by atoms with Crippen molar-refractivity contribution in [2.45, 2.75) is 0 Å². The van der Waals surface area contributed by atoms with Crippen molar-refractivity contribution in [1.82, 2.24) is 0 Å². The molecule has 0 saturated heterocycles. The number of ketones is 1. The maximum absolute atomic E-state index is 12.9. The number of carbonyl (C=O) groups excluding carboxylic acids is 1. The summed E-state index contributed by atoms with van der Waals surface area (Å²) < 4.78 is 2.34. The first-order valence-electron chi connectivity index (χ1n) is 6.94. The van der Waals surface area contributed by atoms with Crippen LogP contribution >= 0.6 is 22.9 Å². The highest BCUT2D eigenvalue weighted by molar-refractivity contribution is 7.25. The molecule has 0 fully saturated rings. The third-order valence-corrected chi connectivity index (χ3v) is 5.14. The Bertz CT molecular complexity index is 999. The molecular formula is C19H11ClOS. The first-order valence-corrected chi connectivity index (χ1v) is 8.14. The summed E-state index contributed by atoms with van der Waals surface area (Å²) in [6.07, 6.45) is 0. The Morgan fingerprint density at radius 1 is 0.818 bits per heavy atom. The lowest BCUT2D eigenvalue weighted by Crippen LogP contribution is -2.01. The maximum atomic E-state index is 12.9. The maximum Gasteiger partial charge on any atom is 0.193 e. The molecule has 0 radical (unpaired) electrons. The van der Waals surface area contributed by atoms with E-state index in [9.17, 15) is 4.79 Å². The second kappa shape index (κ2) is 5.24. The number of carbonyl (C=O) groups is 1. The Labute approximate surface area is 136 Å². The molecule has 4 aromatic rings. The highest BCUT2D eigenvalue weighted by Crippen LogP contribution is 2.36. The normalized spacial score (nSPS) is 11.1. The molecule has 1 heterocycles. The van der Waals surface area contributed by atoms with E-state index < -0.39 is 0 Å². The highest BCUT2D eigenvalue weighted by Gasteiger charge is 2.15. The lowest BCUT2D eigenvalue weighted by atomic mass is 9.98. The van der Waals surface area contributed by atoms with Gasteiger partial charge in [-0.1, -0.05) is 41.9 Å². The average Bonchev–Trinajstić information content (AvgIpc) is 2.93. The molecule has 0 aliphatic heterocycles. The fraction of sp³-hybridized carbons (Fsp3) is 0. The number of fused-ring (bicyclic) bond motifs is 3. The molecule has 0 aliphatic carbocycles. The molecule has 106 valence electrons. The Morgan fingerprint density at radius 3 is 2.36 bits per heavy atom. The van der Waals surface area contributed by atoms with E-state index in [0.29, 0.717) is 10.6 Å². The van der Waals surface area contributed by atoms with Crippen LogP contribution in [0.5, 0.6) is 0 Å². The third-order valence-electron chi connectivity index (χ3n) is 3.75. The summed E-state index contributed by atoms with van der Waals surface area (Å²) in [7, 11) is 0. The summed E-state index contributed by atoms with van der Waals surface area (Å²) >= 11 is 7.63. The van der Waals surface area contributed by atoms with Gasteiger partial charge in [0.25, 0.3) is 0 Å². The highest BCUT2D eigenvalue weighted by atomic mass is 35.5. The summed E-state index contributed by atoms with van der Waals surface area (Å²) in [5.74, 6) is 0.0332. The van der Waals surface area contributed by atoms with E-state index in [1.54, 1.807) is 35.6 Å². The van der Waals surface area contributed by atoms with Crippen LogP contribution in [-0.4, -0.2) is 5.78 Å². The molecule has 3 heteroatoms. The molecule has 4 rings (SSSR count). The SMILES string of the molecule is O=C(c1ccc(Cl)cc1)c1cccc2sc3ccccc3c12. The molecule has 22 heavy (non-hydrogen) atoms. The zero-order chi connectivity index (χ0) is 15.1. The smallest absolute Gasteiger partial charge is 0.193 e. The minimum absolute atomic E-state index is 0.0332. The lowest BCUT2D eigenvalue weighted by molar-refractivity contribution is 0.104.